The highest BCUT2D eigenvalue weighted by atomic mass is 32.1. The fourth-order valence-corrected chi connectivity index (χ4v) is 3.13. The third-order valence-electron chi connectivity index (χ3n) is 4.28. The second-order valence-electron chi connectivity index (χ2n) is 6.23. The van der Waals surface area contributed by atoms with Crippen LogP contribution >= 0.6 is 12.2 Å². The molecule has 2 aromatic rings. The minimum Gasteiger partial charge on any atom is -0.376 e. The molecule has 2 aromatic carbocycles. The van der Waals surface area contributed by atoms with Gasteiger partial charge in [-0.2, -0.15) is 0 Å². The molecule has 24 heavy (non-hydrogen) atoms. The van der Waals surface area contributed by atoms with Crippen molar-refractivity contribution in [2.45, 2.75) is 32.4 Å². The first-order valence-electron chi connectivity index (χ1n) is 8.50. The molecule has 0 aromatic heterocycles. The van der Waals surface area contributed by atoms with Gasteiger partial charge in [0.2, 0.25) is 0 Å². The van der Waals surface area contributed by atoms with Gasteiger partial charge in [-0.05, 0) is 49.7 Å². The molecule has 0 radical (unpaired) electrons. The van der Waals surface area contributed by atoms with Crippen LogP contribution in [-0.4, -0.2) is 24.4 Å². The van der Waals surface area contributed by atoms with Gasteiger partial charge in [-0.15, -0.1) is 0 Å². The van der Waals surface area contributed by atoms with E-state index in [0.717, 1.165) is 43.3 Å². The number of anilines is 1. The van der Waals surface area contributed by atoms with Crippen LogP contribution in [-0.2, 0) is 11.3 Å². The van der Waals surface area contributed by atoms with Crippen molar-refractivity contribution in [3.05, 3.63) is 65.7 Å². The van der Waals surface area contributed by atoms with Gasteiger partial charge in [-0.1, -0.05) is 48.0 Å². The number of aryl methyl sites for hydroxylation is 1. The Morgan fingerprint density at radius 1 is 1.17 bits per heavy atom. The molecule has 1 aliphatic rings. The molecule has 1 heterocycles. The van der Waals surface area contributed by atoms with Crippen LogP contribution < -0.4 is 10.2 Å². The van der Waals surface area contributed by atoms with E-state index in [9.17, 15) is 0 Å². The zero-order chi connectivity index (χ0) is 16.8. The monoisotopic (exact) mass is 340 g/mol. The molecule has 1 atom stereocenters. The van der Waals surface area contributed by atoms with Crippen LogP contribution in [0, 0.1) is 6.92 Å². The molecule has 0 saturated carbocycles. The van der Waals surface area contributed by atoms with Crippen molar-refractivity contribution in [1.29, 1.82) is 0 Å². The Kier molecular flexibility index (Phi) is 5.83. The van der Waals surface area contributed by atoms with Crippen LogP contribution in [0.15, 0.2) is 54.6 Å². The van der Waals surface area contributed by atoms with E-state index in [4.69, 9.17) is 17.0 Å². The first-order chi connectivity index (χ1) is 11.7. The Morgan fingerprint density at radius 2 is 1.92 bits per heavy atom. The predicted molar refractivity (Wildman–Crippen MR) is 103 cm³/mol. The van der Waals surface area contributed by atoms with Gasteiger partial charge >= 0.3 is 0 Å². The van der Waals surface area contributed by atoms with E-state index in [2.05, 4.69) is 65.7 Å². The largest absolute Gasteiger partial charge is 0.376 e. The second-order valence-corrected chi connectivity index (χ2v) is 6.62. The van der Waals surface area contributed by atoms with Gasteiger partial charge in [0.15, 0.2) is 5.11 Å². The van der Waals surface area contributed by atoms with E-state index < -0.39 is 0 Å². The Labute approximate surface area is 149 Å². The third-order valence-corrected chi connectivity index (χ3v) is 4.64. The molecule has 0 spiro atoms. The van der Waals surface area contributed by atoms with Crippen LogP contribution in [0.25, 0.3) is 0 Å². The summed E-state index contributed by atoms with van der Waals surface area (Å²) in [5.74, 6) is 0. The van der Waals surface area contributed by atoms with Gasteiger partial charge in [0, 0.05) is 18.8 Å². The maximum atomic E-state index is 5.68. The first-order valence-corrected chi connectivity index (χ1v) is 8.91. The fourth-order valence-electron chi connectivity index (χ4n) is 2.87. The van der Waals surface area contributed by atoms with Crippen molar-refractivity contribution < 1.29 is 4.74 Å². The van der Waals surface area contributed by atoms with Crippen molar-refractivity contribution in [3.63, 3.8) is 0 Å². The predicted octanol–water partition coefficient (Wildman–Crippen LogP) is 4.06. The summed E-state index contributed by atoms with van der Waals surface area (Å²) in [6.07, 6.45) is 2.53. The second kappa shape index (κ2) is 8.27. The number of nitrogens with one attached hydrogen (secondary N) is 1. The highest BCUT2D eigenvalue weighted by molar-refractivity contribution is 7.80. The van der Waals surface area contributed by atoms with E-state index >= 15 is 0 Å². The van der Waals surface area contributed by atoms with Crippen molar-refractivity contribution in [1.82, 2.24) is 5.32 Å². The van der Waals surface area contributed by atoms with Crippen LogP contribution in [0.2, 0.25) is 0 Å². The van der Waals surface area contributed by atoms with Gasteiger partial charge in [0.1, 0.15) is 0 Å². The molecule has 126 valence electrons. The smallest absolute Gasteiger partial charge is 0.173 e. The van der Waals surface area contributed by atoms with Crippen molar-refractivity contribution >= 4 is 23.0 Å². The number of nitrogens with zero attached hydrogens (tertiary/aromatic N) is 1. The SMILES string of the molecule is Cc1ccc(N(Cc2ccccc2)C(=S)NC[C@H]2CCCO2)cc1. The lowest BCUT2D eigenvalue weighted by molar-refractivity contribution is 0.114. The molecule has 1 fully saturated rings. The molecular weight excluding hydrogens is 316 g/mol. The maximum Gasteiger partial charge on any atom is 0.173 e. The summed E-state index contributed by atoms with van der Waals surface area (Å²) in [6, 6.07) is 18.9. The van der Waals surface area contributed by atoms with Crippen LogP contribution in [0.5, 0.6) is 0 Å². The van der Waals surface area contributed by atoms with Gasteiger partial charge in [0.25, 0.3) is 0 Å². The Bertz CT molecular complexity index is 651. The van der Waals surface area contributed by atoms with Gasteiger partial charge in [0.05, 0.1) is 12.6 Å². The van der Waals surface area contributed by atoms with E-state index in [1.807, 2.05) is 6.07 Å². The van der Waals surface area contributed by atoms with Gasteiger partial charge in [-0.25, -0.2) is 0 Å². The van der Waals surface area contributed by atoms with E-state index in [0.29, 0.717) is 0 Å². The highest BCUT2D eigenvalue weighted by Gasteiger charge is 2.18. The molecule has 1 saturated heterocycles. The molecule has 0 unspecified atom stereocenters. The lowest BCUT2D eigenvalue weighted by Crippen LogP contribution is -2.42. The van der Waals surface area contributed by atoms with Crippen LogP contribution in [0.3, 0.4) is 0 Å². The summed E-state index contributed by atoms with van der Waals surface area (Å²) < 4.78 is 5.68. The first kappa shape index (κ1) is 16.9. The quantitative estimate of drug-likeness (QED) is 0.830. The molecule has 0 bridgehead atoms. The van der Waals surface area contributed by atoms with Crippen molar-refractivity contribution in [3.8, 4) is 0 Å². The number of thiocarbonyl (C=S) groups is 1. The van der Waals surface area contributed by atoms with E-state index in [1.54, 1.807) is 0 Å². The maximum absolute atomic E-state index is 5.68. The molecule has 1 aliphatic heterocycles. The Morgan fingerprint density at radius 3 is 2.58 bits per heavy atom. The third kappa shape index (κ3) is 4.56. The summed E-state index contributed by atoms with van der Waals surface area (Å²) in [6.45, 7) is 4.49. The average molecular weight is 340 g/mol. The molecular formula is C20H24N2OS. The molecule has 0 amide bonds. The topological polar surface area (TPSA) is 24.5 Å². The standard InChI is InChI=1S/C20H24N2OS/c1-16-9-11-18(12-10-16)22(15-17-6-3-2-4-7-17)20(24)21-14-19-8-5-13-23-19/h2-4,6-7,9-12,19H,5,8,13-15H2,1H3,(H,21,24)/t19-/m1/s1. The zero-order valence-corrected chi connectivity index (χ0v) is 14.9. The number of hydrogen-bond acceptors (Lipinski definition) is 2. The van der Waals surface area contributed by atoms with Crippen LogP contribution in [0.4, 0.5) is 5.69 Å². The number of ether oxygens (including phenoxy) is 1. The molecule has 1 N–H and O–H groups in total. The minimum absolute atomic E-state index is 0.277. The summed E-state index contributed by atoms with van der Waals surface area (Å²) in [7, 11) is 0. The number of rotatable bonds is 5. The Balaban J connectivity index is 1.72. The Hall–Kier alpha value is -1.91. The summed E-state index contributed by atoms with van der Waals surface area (Å²) in [4.78, 5) is 2.15. The number of hydrogen-bond donors (Lipinski definition) is 1. The van der Waals surface area contributed by atoms with E-state index in [1.165, 1.54) is 11.1 Å². The summed E-state index contributed by atoms with van der Waals surface area (Å²) >= 11 is 5.68. The normalized spacial score (nSPS) is 16.8. The average Bonchev–Trinajstić information content (AvgIpc) is 3.13. The van der Waals surface area contributed by atoms with Gasteiger partial charge in [-0.3, -0.25) is 0 Å². The molecule has 3 nitrogen and oxygen atoms in total. The van der Waals surface area contributed by atoms with Crippen LogP contribution in [0.1, 0.15) is 24.0 Å². The summed E-state index contributed by atoms with van der Waals surface area (Å²) in [5, 5.41) is 4.14. The molecule has 4 heteroatoms. The fraction of sp³-hybridized carbons (Fsp3) is 0.350. The van der Waals surface area contributed by atoms with Crippen molar-refractivity contribution in [2.24, 2.45) is 0 Å². The number of benzene rings is 2. The lowest BCUT2D eigenvalue weighted by atomic mass is 10.2. The summed E-state index contributed by atoms with van der Waals surface area (Å²) in [5.41, 5.74) is 3.59. The van der Waals surface area contributed by atoms with Gasteiger partial charge < -0.3 is 15.0 Å². The lowest BCUT2D eigenvalue weighted by Gasteiger charge is -2.27. The minimum atomic E-state index is 0.277. The van der Waals surface area contributed by atoms with Crippen molar-refractivity contribution in [2.75, 3.05) is 18.1 Å². The van der Waals surface area contributed by atoms with E-state index in [-0.39, 0.29) is 6.10 Å². The molecule has 3 rings (SSSR count). The molecule has 0 aliphatic carbocycles. The zero-order valence-electron chi connectivity index (χ0n) is 14.1. The highest BCUT2D eigenvalue weighted by Crippen LogP contribution is 2.19.